The third kappa shape index (κ3) is 4.77. The minimum atomic E-state index is -0.533. The molecule has 7 heteroatoms. The number of aromatic nitrogens is 1. The van der Waals surface area contributed by atoms with Gasteiger partial charge in [-0.25, -0.2) is 4.79 Å². The van der Waals surface area contributed by atoms with Crippen LogP contribution in [0.5, 0.6) is 0 Å². The van der Waals surface area contributed by atoms with Crippen LogP contribution in [-0.4, -0.2) is 71.0 Å². The number of likely N-dealkylation sites (tertiary alicyclic amines) is 1. The van der Waals surface area contributed by atoms with E-state index in [0.29, 0.717) is 44.4 Å². The third-order valence-electron chi connectivity index (χ3n) is 7.45. The number of carbonyl (C=O) groups is 2. The van der Waals surface area contributed by atoms with E-state index in [1.807, 2.05) is 35.1 Å². The number of rotatable bonds is 4. The molecule has 0 atom stereocenters. The van der Waals surface area contributed by atoms with Crippen molar-refractivity contribution in [2.24, 2.45) is 5.92 Å². The first kappa shape index (κ1) is 23.0. The number of piperazine rings is 1. The molecule has 1 spiro atoms. The van der Waals surface area contributed by atoms with E-state index in [4.69, 9.17) is 0 Å². The maximum Gasteiger partial charge on any atom is 0.317 e. The maximum absolute atomic E-state index is 13.9. The van der Waals surface area contributed by atoms with Crippen molar-refractivity contribution in [2.45, 2.75) is 77.3 Å². The summed E-state index contributed by atoms with van der Waals surface area (Å²) in [5.74, 6) is 0.655. The predicted molar refractivity (Wildman–Crippen MR) is 127 cm³/mol. The SMILES string of the molecule is Cc1ccc(N2CCN(CC(C)C)C3(CCN(C(=O)NC4CCCCC4)CC3)C2=O)cn1. The molecule has 0 bridgehead atoms. The van der Waals surface area contributed by atoms with Gasteiger partial charge < -0.3 is 15.1 Å². The van der Waals surface area contributed by atoms with E-state index in [-0.39, 0.29) is 11.9 Å². The topological polar surface area (TPSA) is 68.8 Å². The van der Waals surface area contributed by atoms with Crippen LogP contribution < -0.4 is 10.2 Å². The molecule has 3 aliphatic rings. The summed E-state index contributed by atoms with van der Waals surface area (Å²) >= 11 is 0. The molecule has 176 valence electrons. The highest BCUT2D eigenvalue weighted by molar-refractivity contribution is 6.01. The molecule has 3 heterocycles. The molecule has 3 fully saturated rings. The van der Waals surface area contributed by atoms with Crippen molar-refractivity contribution < 1.29 is 9.59 Å². The quantitative estimate of drug-likeness (QED) is 0.776. The number of hydrogen-bond donors (Lipinski definition) is 1. The number of nitrogens with one attached hydrogen (secondary N) is 1. The van der Waals surface area contributed by atoms with E-state index in [0.717, 1.165) is 37.3 Å². The number of hydrogen-bond acceptors (Lipinski definition) is 4. The van der Waals surface area contributed by atoms with Gasteiger partial charge in [0, 0.05) is 44.5 Å². The van der Waals surface area contributed by atoms with Crippen molar-refractivity contribution in [2.75, 3.05) is 37.6 Å². The van der Waals surface area contributed by atoms with Crippen molar-refractivity contribution in [3.8, 4) is 0 Å². The van der Waals surface area contributed by atoms with Gasteiger partial charge in [-0.2, -0.15) is 0 Å². The zero-order valence-corrected chi connectivity index (χ0v) is 20.0. The molecule has 3 amide bonds. The van der Waals surface area contributed by atoms with Crippen LogP contribution in [0.2, 0.25) is 0 Å². The monoisotopic (exact) mass is 441 g/mol. The highest BCUT2D eigenvalue weighted by atomic mass is 16.2. The average Bonchev–Trinajstić information content (AvgIpc) is 2.79. The fourth-order valence-corrected chi connectivity index (χ4v) is 5.62. The molecule has 1 N–H and O–H groups in total. The van der Waals surface area contributed by atoms with Gasteiger partial charge in [-0.05, 0) is 50.7 Å². The summed E-state index contributed by atoms with van der Waals surface area (Å²) < 4.78 is 0. The van der Waals surface area contributed by atoms with Crippen LogP contribution in [0.15, 0.2) is 18.3 Å². The van der Waals surface area contributed by atoms with E-state index in [9.17, 15) is 9.59 Å². The Bertz CT molecular complexity index is 795. The number of nitrogens with zero attached hydrogens (tertiary/aromatic N) is 4. The Balaban J connectivity index is 1.48. The smallest absolute Gasteiger partial charge is 0.317 e. The number of amides is 3. The highest BCUT2D eigenvalue weighted by Crippen LogP contribution is 2.36. The zero-order chi connectivity index (χ0) is 22.7. The first-order chi connectivity index (χ1) is 15.4. The molecule has 1 aromatic heterocycles. The number of piperidine rings is 1. The summed E-state index contributed by atoms with van der Waals surface area (Å²) in [5.41, 5.74) is 1.29. The van der Waals surface area contributed by atoms with Gasteiger partial charge in [0.05, 0.1) is 11.9 Å². The fourth-order valence-electron chi connectivity index (χ4n) is 5.62. The van der Waals surface area contributed by atoms with E-state index < -0.39 is 5.54 Å². The minimum Gasteiger partial charge on any atom is -0.335 e. The van der Waals surface area contributed by atoms with Crippen LogP contribution in [0, 0.1) is 12.8 Å². The summed E-state index contributed by atoms with van der Waals surface area (Å²) in [5, 5.41) is 3.24. The number of carbonyl (C=O) groups excluding carboxylic acids is 2. The Kier molecular flexibility index (Phi) is 7.03. The normalized spacial score (nSPS) is 22.6. The van der Waals surface area contributed by atoms with Gasteiger partial charge in [0.1, 0.15) is 5.54 Å². The van der Waals surface area contributed by atoms with E-state index >= 15 is 0 Å². The van der Waals surface area contributed by atoms with Crippen LogP contribution in [0.1, 0.15) is 64.5 Å². The fraction of sp³-hybridized carbons (Fsp3) is 0.720. The molecule has 7 nitrogen and oxygen atoms in total. The molecule has 0 aromatic carbocycles. The molecular formula is C25H39N5O2. The second kappa shape index (κ2) is 9.77. The van der Waals surface area contributed by atoms with Crippen LogP contribution >= 0.6 is 0 Å². The van der Waals surface area contributed by atoms with E-state index in [1.165, 1.54) is 19.3 Å². The Hall–Kier alpha value is -2.15. The molecule has 2 saturated heterocycles. The van der Waals surface area contributed by atoms with Gasteiger partial charge in [-0.15, -0.1) is 0 Å². The zero-order valence-electron chi connectivity index (χ0n) is 20.0. The van der Waals surface area contributed by atoms with Gasteiger partial charge >= 0.3 is 6.03 Å². The standard InChI is InChI=1S/C25H39N5O2/c1-19(2)18-29-15-16-30(22-10-9-20(3)26-17-22)23(31)25(29)11-13-28(14-12-25)24(32)27-21-7-5-4-6-8-21/h9-10,17,19,21H,4-8,11-16,18H2,1-3H3,(H,27,32). The molecule has 32 heavy (non-hydrogen) atoms. The second-order valence-electron chi connectivity index (χ2n) is 10.3. The largest absolute Gasteiger partial charge is 0.335 e. The summed E-state index contributed by atoms with van der Waals surface area (Å²) in [6.07, 6.45) is 9.05. The number of urea groups is 1. The predicted octanol–water partition coefficient (Wildman–Crippen LogP) is 3.57. The Morgan fingerprint density at radius 3 is 2.47 bits per heavy atom. The summed E-state index contributed by atoms with van der Waals surface area (Å²) in [6.45, 7) is 10.1. The average molecular weight is 442 g/mol. The molecular weight excluding hydrogens is 402 g/mol. The van der Waals surface area contributed by atoms with Gasteiger partial charge in [0.15, 0.2) is 0 Å². The summed E-state index contributed by atoms with van der Waals surface area (Å²) in [4.78, 5) is 37.5. The van der Waals surface area contributed by atoms with Crippen molar-refractivity contribution >= 4 is 17.6 Å². The van der Waals surface area contributed by atoms with Crippen molar-refractivity contribution in [3.63, 3.8) is 0 Å². The van der Waals surface area contributed by atoms with Crippen LogP contribution in [0.3, 0.4) is 0 Å². The lowest BCUT2D eigenvalue weighted by molar-refractivity contribution is -0.138. The van der Waals surface area contributed by atoms with Gasteiger partial charge in [-0.3, -0.25) is 14.7 Å². The van der Waals surface area contributed by atoms with Crippen molar-refractivity contribution in [1.82, 2.24) is 20.1 Å². The molecule has 1 aromatic rings. The number of aryl methyl sites for hydroxylation is 1. The van der Waals surface area contributed by atoms with Gasteiger partial charge in [0.2, 0.25) is 5.91 Å². The Morgan fingerprint density at radius 2 is 1.84 bits per heavy atom. The molecule has 2 aliphatic heterocycles. The second-order valence-corrected chi connectivity index (χ2v) is 10.3. The van der Waals surface area contributed by atoms with Gasteiger partial charge in [-0.1, -0.05) is 33.1 Å². The lowest BCUT2D eigenvalue weighted by Gasteiger charge is -2.53. The van der Waals surface area contributed by atoms with Crippen LogP contribution in [0.25, 0.3) is 0 Å². The summed E-state index contributed by atoms with van der Waals surface area (Å²) in [6, 6.07) is 4.32. The molecule has 1 saturated carbocycles. The summed E-state index contributed by atoms with van der Waals surface area (Å²) in [7, 11) is 0. The third-order valence-corrected chi connectivity index (χ3v) is 7.45. The first-order valence-corrected chi connectivity index (χ1v) is 12.4. The van der Waals surface area contributed by atoms with Crippen molar-refractivity contribution in [3.05, 3.63) is 24.0 Å². The molecule has 0 radical (unpaired) electrons. The van der Waals surface area contributed by atoms with E-state index in [1.54, 1.807) is 0 Å². The lowest BCUT2D eigenvalue weighted by Crippen LogP contribution is -2.70. The lowest BCUT2D eigenvalue weighted by atomic mass is 9.81. The highest BCUT2D eigenvalue weighted by Gasteiger charge is 2.51. The Morgan fingerprint density at radius 1 is 1.12 bits per heavy atom. The Labute approximate surface area is 192 Å². The van der Waals surface area contributed by atoms with Crippen LogP contribution in [0.4, 0.5) is 10.5 Å². The maximum atomic E-state index is 13.9. The molecule has 4 rings (SSSR count). The van der Waals surface area contributed by atoms with Crippen molar-refractivity contribution in [1.29, 1.82) is 0 Å². The first-order valence-electron chi connectivity index (χ1n) is 12.4. The van der Waals surface area contributed by atoms with Crippen LogP contribution in [-0.2, 0) is 4.79 Å². The van der Waals surface area contributed by atoms with E-state index in [2.05, 4.69) is 29.0 Å². The number of pyridine rings is 1. The minimum absolute atomic E-state index is 0.0463. The molecule has 0 unspecified atom stereocenters. The number of anilines is 1. The van der Waals surface area contributed by atoms with Gasteiger partial charge in [0.25, 0.3) is 0 Å². The molecule has 1 aliphatic carbocycles.